The number of anilines is 1. The molecule has 1 saturated heterocycles. The zero-order chi connectivity index (χ0) is 26.5. The number of hydrogen-bond acceptors (Lipinski definition) is 6. The molecule has 1 fully saturated rings. The predicted octanol–water partition coefficient (Wildman–Crippen LogP) is 4.48. The summed E-state index contributed by atoms with van der Waals surface area (Å²) in [6, 6.07) is 19.2. The van der Waals surface area contributed by atoms with Gasteiger partial charge in [0.1, 0.15) is 18.5 Å². The van der Waals surface area contributed by atoms with E-state index in [0.717, 1.165) is 57.7 Å². The Bertz CT molecular complexity index is 927. The van der Waals surface area contributed by atoms with E-state index in [1.54, 1.807) is 6.92 Å². The van der Waals surface area contributed by atoms with Crippen molar-refractivity contribution in [2.75, 3.05) is 57.3 Å². The lowest BCUT2D eigenvalue weighted by molar-refractivity contribution is -0.118. The zero-order valence-electron chi connectivity index (χ0n) is 23.7. The minimum atomic E-state index is -0.561. The number of aliphatic hydroxyl groups excluding tert-OH is 1. The third-order valence-corrected chi connectivity index (χ3v) is 6.94. The normalized spacial score (nSPS) is 15.2. The van der Waals surface area contributed by atoms with Crippen LogP contribution in [0.1, 0.15) is 51.5 Å². The number of nitrogens with zero attached hydrogens (tertiary/aromatic N) is 2. The first kappa shape index (κ1) is 35.0. The van der Waals surface area contributed by atoms with E-state index in [1.165, 1.54) is 11.3 Å². The molecule has 2 unspecified atom stereocenters. The van der Waals surface area contributed by atoms with Crippen molar-refractivity contribution in [3.05, 3.63) is 60.2 Å². The van der Waals surface area contributed by atoms with Crippen molar-refractivity contribution >= 4 is 36.4 Å². The lowest BCUT2D eigenvalue weighted by Crippen LogP contribution is -2.46. The molecule has 1 amide bonds. The van der Waals surface area contributed by atoms with Crippen LogP contribution in [0.5, 0.6) is 5.75 Å². The monoisotopic (exact) mass is 582 g/mol. The second-order valence-corrected chi connectivity index (χ2v) is 10.3. The first-order valence-corrected chi connectivity index (χ1v) is 13.8. The number of ether oxygens (including phenoxy) is 1. The Labute approximate surface area is 247 Å². The molecule has 0 spiro atoms. The summed E-state index contributed by atoms with van der Waals surface area (Å²) in [5.41, 5.74) is 2.49. The van der Waals surface area contributed by atoms with Crippen LogP contribution < -0.4 is 20.3 Å². The number of rotatable bonds is 15. The summed E-state index contributed by atoms with van der Waals surface area (Å²) in [5.74, 6) is 1.19. The Morgan fingerprint density at radius 2 is 1.64 bits per heavy atom. The zero-order valence-corrected chi connectivity index (χ0v) is 25.3. The highest BCUT2D eigenvalue weighted by atomic mass is 35.5. The van der Waals surface area contributed by atoms with Crippen LogP contribution in [-0.4, -0.2) is 80.5 Å². The Morgan fingerprint density at radius 1 is 0.974 bits per heavy atom. The third-order valence-electron chi connectivity index (χ3n) is 6.94. The fourth-order valence-electron chi connectivity index (χ4n) is 4.84. The van der Waals surface area contributed by atoms with Gasteiger partial charge in [-0.05, 0) is 55.5 Å². The third kappa shape index (κ3) is 12.8. The first-order chi connectivity index (χ1) is 17.9. The van der Waals surface area contributed by atoms with Gasteiger partial charge in [0.2, 0.25) is 5.91 Å². The summed E-state index contributed by atoms with van der Waals surface area (Å²) < 4.78 is 6.13. The van der Waals surface area contributed by atoms with Gasteiger partial charge in [0, 0.05) is 57.9 Å². The smallest absolute Gasteiger partial charge is 0.216 e. The Kier molecular flexibility index (Phi) is 17.2. The number of hydrogen-bond donors (Lipinski definition) is 3. The number of nitrogens with one attached hydrogen (secondary N) is 2. The lowest BCUT2D eigenvalue weighted by Gasteiger charge is -2.36. The van der Waals surface area contributed by atoms with Gasteiger partial charge in [-0.2, -0.15) is 0 Å². The maximum atomic E-state index is 11.3. The molecule has 9 heteroatoms. The standard InChI is InChI=1S/C30H46N4O3.2ClH/c1-24(2)32-22-28(36)23-37-30-14-8-7-13-29(30)26(10-9-16-31-25(3)35)15-17-33-18-20-34(21-19-33)27-11-5-4-6-12-27;;/h4-8,11-14,24,26,28,32,36H,9-10,15-23H2,1-3H3,(H,31,35);2*1H. The SMILES string of the molecule is CC(=O)NCCCC(CCN1CCN(c2ccccc2)CC1)c1ccccc1OCC(O)CNC(C)C.Cl.Cl. The Hall–Kier alpha value is -2.03. The van der Waals surface area contributed by atoms with Crippen molar-refractivity contribution in [2.24, 2.45) is 0 Å². The number of carbonyl (C=O) groups excluding carboxylic acids is 1. The van der Waals surface area contributed by atoms with Crippen LogP contribution in [-0.2, 0) is 4.79 Å². The van der Waals surface area contributed by atoms with Crippen LogP contribution in [0.2, 0.25) is 0 Å². The number of para-hydroxylation sites is 2. The molecule has 1 aliphatic heterocycles. The molecule has 1 aliphatic rings. The molecule has 39 heavy (non-hydrogen) atoms. The van der Waals surface area contributed by atoms with Crippen molar-refractivity contribution in [1.82, 2.24) is 15.5 Å². The molecular formula is C30H48Cl2N4O3. The van der Waals surface area contributed by atoms with E-state index in [0.29, 0.717) is 25.0 Å². The van der Waals surface area contributed by atoms with Crippen LogP contribution in [0.3, 0.4) is 0 Å². The van der Waals surface area contributed by atoms with Crippen molar-refractivity contribution in [3.8, 4) is 5.75 Å². The van der Waals surface area contributed by atoms with Gasteiger partial charge in [-0.15, -0.1) is 24.8 Å². The van der Waals surface area contributed by atoms with E-state index in [4.69, 9.17) is 4.74 Å². The molecule has 0 aromatic heterocycles. The Morgan fingerprint density at radius 3 is 2.31 bits per heavy atom. The summed E-state index contributed by atoms with van der Waals surface area (Å²) in [4.78, 5) is 16.4. The van der Waals surface area contributed by atoms with Crippen molar-refractivity contribution < 1.29 is 14.6 Å². The summed E-state index contributed by atoms with van der Waals surface area (Å²) in [7, 11) is 0. The Balaban J connectivity index is 0.00000380. The number of aliphatic hydroxyl groups is 1. The molecular weight excluding hydrogens is 535 g/mol. The molecule has 1 heterocycles. The van der Waals surface area contributed by atoms with E-state index in [1.807, 2.05) is 12.1 Å². The minimum Gasteiger partial charge on any atom is -0.491 e. The topological polar surface area (TPSA) is 77.1 Å². The van der Waals surface area contributed by atoms with Crippen LogP contribution >= 0.6 is 24.8 Å². The van der Waals surface area contributed by atoms with Gasteiger partial charge < -0.3 is 25.4 Å². The molecule has 0 radical (unpaired) electrons. The number of carbonyl (C=O) groups is 1. The molecule has 2 aromatic rings. The number of halogens is 2. The molecule has 3 N–H and O–H groups in total. The van der Waals surface area contributed by atoms with Gasteiger partial charge in [-0.3, -0.25) is 9.69 Å². The van der Waals surface area contributed by atoms with Gasteiger partial charge in [0.25, 0.3) is 0 Å². The fourth-order valence-corrected chi connectivity index (χ4v) is 4.84. The van der Waals surface area contributed by atoms with Crippen molar-refractivity contribution in [1.29, 1.82) is 0 Å². The largest absolute Gasteiger partial charge is 0.491 e. The molecule has 2 aromatic carbocycles. The predicted molar refractivity (Wildman–Crippen MR) is 166 cm³/mol. The van der Waals surface area contributed by atoms with Gasteiger partial charge in [0.05, 0.1) is 0 Å². The quantitative estimate of drug-likeness (QED) is 0.269. The van der Waals surface area contributed by atoms with Crippen LogP contribution in [0.15, 0.2) is 54.6 Å². The average molecular weight is 584 g/mol. The molecule has 3 rings (SSSR count). The van der Waals surface area contributed by atoms with E-state index in [2.05, 4.69) is 76.7 Å². The number of benzene rings is 2. The lowest BCUT2D eigenvalue weighted by atomic mass is 9.90. The highest BCUT2D eigenvalue weighted by Gasteiger charge is 2.21. The molecule has 0 bridgehead atoms. The first-order valence-electron chi connectivity index (χ1n) is 13.8. The van der Waals surface area contributed by atoms with Crippen molar-refractivity contribution in [2.45, 2.75) is 58.1 Å². The van der Waals surface area contributed by atoms with Crippen LogP contribution in [0.25, 0.3) is 0 Å². The summed E-state index contributed by atoms with van der Waals surface area (Å²) in [6.07, 6.45) is 2.36. The molecule has 2 atom stereocenters. The second-order valence-electron chi connectivity index (χ2n) is 10.3. The van der Waals surface area contributed by atoms with Crippen LogP contribution in [0.4, 0.5) is 5.69 Å². The summed E-state index contributed by atoms with van der Waals surface area (Å²) in [6.45, 7) is 12.4. The molecule has 0 saturated carbocycles. The van der Waals surface area contributed by atoms with E-state index >= 15 is 0 Å². The minimum absolute atomic E-state index is 0. The van der Waals surface area contributed by atoms with Gasteiger partial charge >= 0.3 is 0 Å². The number of amides is 1. The fraction of sp³-hybridized carbons (Fsp3) is 0.567. The van der Waals surface area contributed by atoms with Crippen molar-refractivity contribution in [3.63, 3.8) is 0 Å². The molecule has 7 nitrogen and oxygen atoms in total. The van der Waals surface area contributed by atoms with Gasteiger partial charge in [0.15, 0.2) is 0 Å². The van der Waals surface area contributed by atoms with Gasteiger partial charge in [-0.25, -0.2) is 0 Å². The van der Waals surface area contributed by atoms with E-state index < -0.39 is 6.10 Å². The molecule has 220 valence electrons. The maximum absolute atomic E-state index is 11.3. The van der Waals surface area contributed by atoms with E-state index in [9.17, 15) is 9.90 Å². The average Bonchev–Trinajstić information content (AvgIpc) is 2.91. The van der Waals surface area contributed by atoms with Gasteiger partial charge in [-0.1, -0.05) is 50.2 Å². The highest BCUT2D eigenvalue weighted by Crippen LogP contribution is 2.33. The second kappa shape index (κ2) is 19.1. The highest BCUT2D eigenvalue weighted by molar-refractivity contribution is 5.85. The molecule has 0 aliphatic carbocycles. The van der Waals surface area contributed by atoms with Crippen LogP contribution in [0, 0.1) is 0 Å². The summed E-state index contributed by atoms with van der Waals surface area (Å²) >= 11 is 0. The summed E-state index contributed by atoms with van der Waals surface area (Å²) in [5, 5.41) is 16.5. The number of piperazine rings is 1. The maximum Gasteiger partial charge on any atom is 0.216 e. The van der Waals surface area contributed by atoms with E-state index in [-0.39, 0.29) is 37.3 Å².